The van der Waals surface area contributed by atoms with Crippen LogP contribution < -0.4 is 10.6 Å². The minimum absolute atomic E-state index is 0.287. The number of aliphatic carboxylic acids is 1. The van der Waals surface area contributed by atoms with Crippen molar-refractivity contribution < 1.29 is 24.2 Å². The average molecular weight is 348 g/mol. The van der Waals surface area contributed by atoms with Crippen LogP contribution in [-0.2, 0) is 25.5 Å². The zero-order valence-corrected chi connectivity index (χ0v) is 14.4. The normalized spacial score (nSPS) is 20.0. The second kappa shape index (κ2) is 8.62. The Balaban J connectivity index is 1.97. The summed E-state index contributed by atoms with van der Waals surface area (Å²) in [5, 5.41) is 14.3. The summed E-state index contributed by atoms with van der Waals surface area (Å²) in [5.41, 5.74) is 0.901. The number of carboxylic acids is 1. The molecule has 136 valence electrons. The third-order valence-corrected chi connectivity index (χ3v) is 3.93. The summed E-state index contributed by atoms with van der Waals surface area (Å²) >= 11 is 0. The highest BCUT2D eigenvalue weighted by atomic mass is 16.6. The van der Waals surface area contributed by atoms with Gasteiger partial charge in [-0.15, -0.1) is 0 Å². The van der Waals surface area contributed by atoms with Crippen LogP contribution in [0.25, 0.3) is 0 Å². The summed E-state index contributed by atoms with van der Waals surface area (Å²) in [5.74, 6) is -1.59. The van der Waals surface area contributed by atoms with Crippen LogP contribution in [-0.4, -0.2) is 47.7 Å². The van der Waals surface area contributed by atoms with Gasteiger partial charge in [-0.3, -0.25) is 9.59 Å². The molecule has 7 nitrogen and oxygen atoms in total. The Kier molecular flexibility index (Phi) is 6.52. The average Bonchev–Trinajstić information content (AvgIpc) is 3.35. The number of nitrogens with one attached hydrogen (secondary N) is 2. The molecule has 0 radical (unpaired) electrons. The number of carbonyl (C=O) groups excluding carboxylic acids is 2. The van der Waals surface area contributed by atoms with Crippen LogP contribution in [0.2, 0.25) is 0 Å². The molecule has 1 fully saturated rings. The molecular formula is C18H24N2O5. The highest BCUT2D eigenvalue weighted by Crippen LogP contribution is 2.22. The number of hydrogen-bond acceptors (Lipinski definition) is 4. The third-order valence-electron chi connectivity index (χ3n) is 3.93. The minimum atomic E-state index is -1.18. The topological polar surface area (TPSA) is 108 Å². The van der Waals surface area contributed by atoms with Gasteiger partial charge in [-0.05, 0) is 17.9 Å². The van der Waals surface area contributed by atoms with Gasteiger partial charge in [-0.2, -0.15) is 0 Å². The maximum Gasteiger partial charge on any atom is 0.336 e. The fourth-order valence-electron chi connectivity index (χ4n) is 2.42. The van der Waals surface area contributed by atoms with Crippen molar-refractivity contribution in [1.82, 2.24) is 10.6 Å². The summed E-state index contributed by atoms with van der Waals surface area (Å²) in [6.45, 7) is 4.65. The van der Waals surface area contributed by atoms with Crippen LogP contribution in [0.5, 0.6) is 0 Å². The van der Waals surface area contributed by atoms with Gasteiger partial charge in [0.25, 0.3) is 5.91 Å². The van der Waals surface area contributed by atoms with E-state index in [1.54, 1.807) is 0 Å². The molecule has 1 saturated heterocycles. The lowest BCUT2D eigenvalue weighted by Gasteiger charge is -2.18. The number of carboxylic acid groups (broad SMARTS) is 1. The highest BCUT2D eigenvalue weighted by molar-refractivity contribution is 5.95. The van der Waals surface area contributed by atoms with E-state index in [4.69, 9.17) is 9.84 Å². The molecule has 2 amide bonds. The van der Waals surface area contributed by atoms with E-state index < -0.39 is 30.1 Å². The molecule has 0 spiro atoms. The van der Waals surface area contributed by atoms with Gasteiger partial charge in [0.05, 0.1) is 0 Å². The molecule has 0 unspecified atom stereocenters. The van der Waals surface area contributed by atoms with Crippen molar-refractivity contribution in [2.24, 2.45) is 5.92 Å². The van der Waals surface area contributed by atoms with Crippen LogP contribution >= 0.6 is 0 Å². The standard InChI is InChI=1S/C18H24N2O5/c1-11(2)8-9-19-16(21)13(10-12-6-4-3-5-7-12)20-17(22)14-15(25-14)18(23)24/h3-7,11,13-15H,8-10H2,1-2H3,(H,19,21)(H,20,22)(H,23,24)/t13-,14+,15+/m1/s1. The number of benzene rings is 1. The van der Waals surface area contributed by atoms with Gasteiger partial charge >= 0.3 is 5.97 Å². The first-order valence-electron chi connectivity index (χ1n) is 8.38. The third kappa shape index (κ3) is 5.86. The zero-order chi connectivity index (χ0) is 18.4. The highest BCUT2D eigenvalue weighted by Gasteiger charge is 2.51. The van der Waals surface area contributed by atoms with Crippen molar-refractivity contribution in [2.75, 3.05) is 6.54 Å². The van der Waals surface area contributed by atoms with Gasteiger partial charge in [-0.25, -0.2) is 4.79 Å². The molecule has 3 atom stereocenters. The smallest absolute Gasteiger partial charge is 0.336 e. The molecule has 2 rings (SSSR count). The van der Waals surface area contributed by atoms with E-state index in [1.807, 2.05) is 30.3 Å². The van der Waals surface area contributed by atoms with Gasteiger partial charge in [0.2, 0.25) is 5.91 Å². The Morgan fingerprint density at radius 1 is 1.16 bits per heavy atom. The van der Waals surface area contributed by atoms with Gasteiger partial charge in [-0.1, -0.05) is 44.2 Å². The number of ether oxygens (including phenoxy) is 1. The number of hydrogen-bond donors (Lipinski definition) is 3. The molecule has 0 aromatic heterocycles. The summed E-state index contributed by atoms with van der Waals surface area (Å²) in [6, 6.07) is 8.54. The monoisotopic (exact) mass is 348 g/mol. The van der Waals surface area contributed by atoms with Gasteiger partial charge in [0.15, 0.2) is 12.2 Å². The first kappa shape index (κ1) is 18.9. The second-order valence-electron chi connectivity index (χ2n) is 6.54. The van der Waals surface area contributed by atoms with Crippen molar-refractivity contribution in [3.8, 4) is 0 Å². The SMILES string of the molecule is CC(C)CCNC(=O)[C@@H](Cc1ccccc1)NC(=O)[C@H]1O[C@@H]1C(=O)O. The van der Waals surface area contributed by atoms with Crippen molar-refractivity contribution in [1.29, 1.82) is 0 Å². The fourth-order valence-corrected chi connectivity index (χ4v) is 2.42. The Labute approximate surface area is 146 Å². The van der Waals surface area contributed by atoms with Crippen LogP contribution in [0.15, 0.2) is 30.3 Å². The molecule has 1 aromatic carbocycles. The number of rotatable bonds is 9. The zero-order valence-electron chi connectivity index (χ0n) is 14.4. The quantitative estimate of drug-likeness (QED) is 0.570. The second-order valence-corrected chi connectivity index (χ2v) is 6.54. The van der Waals surface area contributed by atoms with Crippen molar-refractivity contribution in [2.45, 2.75) is 44.9 Å². The van der Waals surface area contributed by atoms with Crippen molar-refractivity contribution in [3.05, 3.63) is 35.9 Å². The van der Waals surface area contributed by atoms with E-state index in [1.165, 1.54) is 0 Å². The molecule has 0 aliphatic carbocycles. The van der Waals surface area contributed by atoms with Crippen molar-refractivity contribution in [3.63, 3.8) is 0 Å². The van der Waals surface area contributed by atoms with Crippen molar-refractivity contribution >= 4 is 17.8 Å². The van der Waals surface area contributed by atoms with E-state index in [0.717, 1.165) is 12.0 Å². The maximum absolute atomic E-state index is 12.4. The predicted molar refractivity (Wildman–Crippen MR) is 90.8 cm³/mol. The maximum atomic E-state index is 12.4. The Morgan fingerprint density at radius 2 is 1.84 bits per heavy atom. The predicted octanol–water partition coefficient (Wildman–Crippen LogP) is 0.728. The van der Waals surface area contributed by atoms with E-state index in [9.17, 15) is 14.4 Å². The van der Waals surface area contributed by atoms with E-state index in [2.05, 4.69) is 24.5 Å². The minimum Gasteiger partial charge on any atom is -0.479 e. The van der Waals surface area contributed by atoms with E-state index in [0.29, 0.717) is 18.9 Å². The number of amides is 2. The van der Waals surface area contributed by atoms with Gasteiger partial charge in [0.1, 0.15) is 6.04 Å². The van der Waals surface area contributed by atoms with E-state index >= 15 is 0 Å². The molecule has 1 aromatic rings. The molecule has 1 heterocycles. The molecule has 25 heavy (non-hydrogen) atoms. The molecular weight excluding hydrogens is 324 g/mol. The van der Waals surface area contributed by atoms with Crippen LogP contribution in [0.1, 0.15) is 25.8 Å². The molecule has 3 N–H and O–H groups in total. The lowest BCUT2D eigenvalue weighted by atomic mass is 10.0. The lowest BCUT2D eigenvalue weighted by Crippen LogP contribution is -2.49. The largest absolute Gasteiger partial charge is 0.479 e. The Bertz CT molecular complexity index is 617. The summed E-state index contributed by atoms with van der Waals surface area (Å²) < 4.78 is 4.84. The molecule has 7 heteroatoms. The first-order chi connectivity index (χ1) is 11.9. The van der Waals surface area contributed by atoms with Crippen LogP contribution in [0.3, 0.4) is 0 Å². The van der Waals surface area contributed by atoms with Crippen LogP contribution in [0, 0.1) is 5.92 Å². The lowest BCUT2D eigenvalue weighted by molar-refractivity contribution is -0.138. The number of epoxide rings is 1. The molecule has 1 aliphatic heterocycles. The van der Waals surface area contributed by atoms with Crippen LogP contribution in [0.4, 0.5) is 0 Å². The Hall–Kier alpha value is -2.41. The molecule has 1 aliphatic rings. The molecule has 0 saturated carbocycles. The fraction of sp³-hybridized carbons (Fsp3) is 0.500. The van der Waals surface area contributed by atoms with E-state index in [-0.39, 0.29) is 5.91 Å². The molecule has 0 bridgehead atoms. The summed E-state index contributed by atoms with van der Waals surface area (Å²) in [7, 11) is 0. The number of carbonyl (C=O) groups is 3. The summed E-state index contributed by atoms with van der Waals surface area (Å²) in [6.07, 6.45) is -0.990. The summed E-state index contributed by atoms with van der Waals surface area (Å²) in [4.78, 5) is 35.4. The Morgan fingerprint density at radius 3 is 2.40 bits per heavy atom. The first-order valence-corrected chi connectivity index (χ1v) is 8.38. The van der Waals surface area contributed by atoms with Gasteiger partial charge < -0.3 is 20.5 Å². The van der Waals surface area contributed by atoms with Gasteiger partial charge in [0, 0.05) is 13.0 Å².